The van der Waals surface area contributed by atoms with Gasteiger partial charge in [0.2, 0.25) is 0 Å². The summed E-state index contributed by atoms with van der Waals surface area (Å²) >= 11 is 0. The molecule has 2 nitrogen and oxygen atoms in total. The van der Waals surface area contributed by atoms with Crippen molar-refractivity contribution in [1.82, 2.24) is 0 Å². The van der Waals surface area contributed by atoms with Gasteiger partial charge in [-0.05, 0) is 49.7 Å². The van der Waals surface area contributed by atoms with Crippen molar-refractivity contribution in [2.45, 2.75) is 31.8 Å². The van der Waals surface area contributed by atoms with E-state index in [0.29, 0.717) is 17.7 Å². The summed E-state index contributed by atoms with van der Waals surface area (Å²) in [5.41, 5.74) is -4.16. The van der Waals surface area contributed by atoms with Crippen LogP contribution in [0.15, 0.2) is 54.1 Å². The van der Waals surface area contributed by atoms with Gasteiger partial charge in [0.15, 0.2) is 0 Å². The molecule has 0 spiro atoms. The van der Waals surface area contributed by atoms with Gasteiger partial charge in [0.05, 0.1) is 16.7 Å². The second kappa shape index (κ2) is 7.53. The van der Waals surface area contributed by atoms with Crippen molar-refractivity contribution >= 4 is 12.6 Å². The van der Waals surface area contributed by atoms with Crippen LogP contribution in [0.1, 0.15) is 36.1 Å². The Kier molecular flexibility index (Phi) is 5.52. The third-order valence-electron chi connectivity index (χ3n) is 4.53. The van der Waals surface area contributed by atoms with Gasteiger partial charge >= 0.3 is 19.5 Å². The summed E-state index contributed by atoms with van der Waals surface area (Å²) in [5, 5.41) is 10.3. The fourth-order valence-corrected chi connectivity index (χ4v) is 3.12. The lowest BCUT2D eigenvalue weighted by Gasteiger charge is -2.19. The largest absolute Gasteiger partial charge is 0.493 e. The van der Waals surface area contributed by atoms with E-state index in [0.717, 1.165) is 0 Å². The highest BCUT2D eigenvalue weighted by molar-refractivity contribution is 6.69. The van der Waals surface area contributed by atoms with Crippen molar-refractivity contribution in [1.29, 1.82) is 0 Å². The number of hydrogen-bond acceptors (Lipinski definition) is 2. The smallest absolute Gasteiger partial charge is 0.423 e. The molecule has 2 aromatic carbocycles. The Labute approximate surface area is 169 Å². The minimum Gasteiger partial charge on any atom is -0.423 e. The second-order valence-corrected chi connectivity index (χ2v) is 7.18. The summed E-state index contributed by atoms with van der Waals surface area (Å²) in [6.07, 6.45) is -10.0. The van der Waals surface area contributed by atoms with E-state index in [4.69, 9.17) is 4.65 Å². The molecule has 0 atom stereocenters. The highest BCUT2D eigenvalue weighted by Gasteiger charge is 2.45. The van der Waals surface area contributed by atoms with E-state index in [1.165, 1.54) is 13.8 Å². The number of hydrogen-bond donors (Lipinski definition) is 1. The Morgan fingerprint density at radius 2 is 1.40 bits per heavy atom. The summed E-state index contributed by atoms with van der Waals surface area (Å²) in [5.74, 6) is 5.57. The Morgan fingerprint density at radius 1 is 0.867 bits per heavy atom. The first-order valence-electron chi connectivity index (χ1n) is 8.76. The molecule has 0 amide bonds. The minimum absolute atomic E-state index is 0.0344. The molecule has 0 aliphatic carbocycles. The standard InChI is InChI=1S/C21H15BF6O2/c1-19(2)17(9-8-13-6-4-3-5-7-13)18(22(29)30-19)14-10-15(20(23,24)25)12-16(11-14)21(26,27)28/h3-7,10-12,29H,1-2H3. The van der Waals surface area contributed by atoms with Crippen LogP contribution in [0, 0.1) is 11.8 Å². The number of benzene rings is 2. The minimum atomic E-state index is -5.01. The second-order valence-electron chi connectivity index (χ2n) is 7.18. The molecule has 9 heteroatoms. The summed E-state index contributed by atoms with van der Waals surface area (Å²) in [6, 6.07) is 9.76. The average molecular weight is 424 g/mol. The van der Waals surface area contributed by atoms with Crippen LogP contribution < -0.4 is 0 Å². The van der Waals surface area contributed by atoms with Crippen molar-refractivity contribution in [2.24, 2.45) is 0 Å². The topological polar surface area (TPSA) is 29.5 Å². The van der Waals surface area contributed by atoms with Crippen LogP contribution in [0.2, 0.25) is 0 Å². The van der Waals surface area contributed by atoms with E-state index in [1.807, 2.05) is 0 Å². The van der Waals surface area contributed by atoms with Crippen LogP contribution in [0.4, 0.5) is 26.3 Å². The molecule has 0 aromatic heterocycles. The SMILES string of the molecule is CC1(C)OB(O)C(c2cc(C(F)(F)F)cc(C(F)(F)F)c2)=C1C#Cc1ccccc1. The molecule has 1 heterocycles. The predicted molar refractivity (Wildman–Crippen MR) is 99.8 cm³/mol. The van der Waals surface area contributed by atoms with Crippen molar-refractivity contribution in [3.05, 3.63) is 76.4 Å². The van der Waals surface area contributed by atoms with Gasteiger partial charge in [0.1, 0.15) is 0 Å². The monoisotopic (exact) mass is 424 g/mol. The van der Waals surface area contributed by atoms with Crippen LogP contribution in [0.3, 0.4) is 0 Å². The fourth-order valence-electron chi connectivity index (χ4n) is 3.12. The quantitative estimate of drug-likeness (QED) is 0.380. The summed E-state index contributed by atoms with van der Waals surface area (Å²) in [6.45, 7) is 3.05. The van der Waals surface area contributed by atoms with Gasteiger partial charge in [-0.1, -0.05) is 30.0 Å². The molecule has 0 saturated heterocycles. The van der Waals surface area contributed by atoms with Gasteiger partial charge < -0.3 is 9.68 Å². The van der Waals surface area contributed by atoms with E-state index in [9.17, 15) is 31.4 Å². The van der Waals surface area contributed by atoms with Crippen LogP contribution in [0.5, 0.6) is 0 Å². The van der Waals surface area contributed by atoms with E-state index >= 15 is 0 Å². The Hall–Kier alpha value is -2.70. The number of halogens is 6. The van der Waals surface area contributed by atoms with Crippen molar-refractivity contribution in [3.8, 4) is 11.8 Å². The first kappa shape index (κ1) is 22.0. The van der Waals surface area contributed by atoms with E-state index < -0.39 is 41.8 Å². The van der Waals surface area contributed by atoms with E-state index in [2.05, 4.69) is 11.8 Å². The third-order valence-corrected chi connectivity index (χ3v) is 4.53. The van der Waals surface area contributed by atoms with Crippen molar-refractivity contribution in [3.63, 3.8) is 0 Å². The molecule has 1 aliphatic heterocycles. The van der Waals surface area contributed by atoms with Crippen LogP contribution in [-0.4, -0.2) is 17.7 Å². The van der Waals surface area contributed by atoms with Gasteiger partial charge in [0.25, 0.3) is 0 Å². The van der Waals surface area contributed by atoms with Gasteiger partial charge in [-0.15, -0.1) is 0 Å². The fraction of sp³-hybridized carbons (Fsp3) is 0.238. The van der Waals surface area contributed by atoms with Gasteiger partial charge in [0, 0.05) is 16.6 Å². The van der Waals surface area contributed by atoms with Gasteiger partial charge in [-0.25, -0.2) is 0 Å². The molecular weight excluding hydrogens is 409 g/mol. The van der Waals surface area contributed by atoms with Crippen LogP contribution in [-0.2, 0) is 17.0 Å². The Morgan fingerprint density at radius 3 is 1.90 bits per heavy atom. The molecular formula is C21H15BF6O2. The lowest BCUT2D eigenvalue weighted by molar-refractivity contribution is -0.143. The molecule has 1 N–H and O–H groups in total. The zero-order chi connectivity index (χ0) is 22.3. The number of rotatable bonds is 1. The molecule has 3 rings (SSSR count). The average Bonchev–Trinajstić information content (AvgIpc) is 2.86. The van der Waals surface area contributed by atoms with Crippen molar-refractivity contribution in [2.75, 3.05) is 0 Å². The molecule has 0 fully saturated rings. The lowest BCUT2D eigenvalue weighted by Crippen LogP contribution is -2.26. The maximum atomic E-state index is 13.2. The molecule has 156 valence electrons. The molecule has 1 aliphatic rings. The van der Waals surface area contributed by atoms with Gasteiger partial charge in [-0.2, -0.15) is 26.3 Å². The van der Waals surface area contributed by atoms with Crippen LogP contribution in [0.25, 0.3) is 5.47 Å². The first-order valence-corrected chi connectivity index (χ1v) is 8.76. The zero-order valence-electron chi connectivity index (χ0n) is 15.8. The highest BCUT2D eigenvalue weighted by atomic mass is 19.4. The van der Waals surface area contributed by atoms with E-state index in [-0.39, 0.29) is 17.1 Å². The van der Waals surface area contributed by atoms with Crippen LogP contribution >= 0.6 is 0 Å². The zero-order valence-corrected chi connectivity index (χ0v) is 15.8. The molecule has 0 radical (unpaired) electrons. The molecule has 2 aromatic rings. The summed E-state index contributed by atoms with van der Waals surface area (Å²) < 4.78 is 84.8. The highest BCUT2D eigenvalue weighted by Crippen LogP contribution is 2.42. The summed E-state index contributed by atoms with van der Waals surface area (Å²) in [4.78, 5) is 0. The maximum absolute atomic E-state index is 13.2. The van der Waals surface area contributed by atoms with Gasteiger partial charge in [-0.3, -0.25) is 0 Å². The van der Waals surface area contributed by atoms with E-state index in [1.54, 1.807) is 30.3 Å². The van der Waals surface area contributed by atoms with Crippen molar-refractivity contribution < 1.29 is 36.0 Å². The molecule has 0 saturated carbocycles. The Bertz CT molecular complexity index is 1010. The number of alkyl halides is 6. The lowest BCUT2D eigenvalue weighted by atomic mass is 9.73. The Balaban J connectivity index is 2.25. The summed E-state index contributed by atoms with van der Waals surface area (Å²) in [7, 11) is -1.73. The first-order chi connectivity index (χ1) is 13.8. The normalized spacial score (nSPS) is 16.5. The molecule has 0 unspecified atom stereocenters. The maximum Gasteiger partial charge on any atom is 0.493 e. The molecule has 0 bridgehead atoms. The predicted octanol–water partition coefficient (Wildman–Crippen LogP) is 5.36. The third kappa shape index (κ3) is 4.55. The molecule has 30 heavy (non-hydrogen) atoms.